The van der Waals surface area contributed by atoms with Gasteiger partial charge in [-0.15, -0.1) is 0 Å². The fourth-order valence-electron chi connectivity index (χ4n) is 3.80. The van der Waals surface area contributed by atoms with Crippen LogP contribution in [0, 0.1) is 9.49 Å². The summed E-state index contributed by atoms with van der Waals surface area (Å²) in [6.45, 7) is 0. The van der Waals surface area contributed by atoms with Crippen LogP contribution in [-0.4, -0.2) is 7.11 Å². The Morgan fingerprint density at radius 1 is 1.14 bits per heavy atom. The van der Waals surface area contributed by atoms with Gasteiger partial charge >= 0.3 is 0 Å². The molecule has 0 saturated carbocycles. The summed E-state index contributed by atoms with van der Waals surface area (Å²) in [7, 11) is 1.75. The molecule has 2 aromatic rings. The molecule has 4 rings (SSSR count). The third kappa shape index (κ3) is 2.22. The number of nitrogens with one attached hydrogen (secondary N) is 1. The minimum absolute atomic E-state index is 0.295. The predicted octanol–water partition coefficient (Wildman–Crippen LogP) is 5.13. The fourth-order valence-corrected chi connectivity index (χ4v) is 4.31. The van der Waals surface area contributed by atoms with Crippen molar-refractivity contribution in [1.82, 2.24) is 0 Å². The lowest BCUT2D eigenvalue weighted by molar-refractivity contribution is 0.381. The summed E-state index contributed by atoms with van der Waals surface area (Å²) in [4.78, 5) is 0. The molecule has 0 unspecified atom stereocenters. The summed E-state index contributed by atoms with van der Waals surface area (Å²) in [6, 6.07) is 15.4. The number of ether oxygens (including phenoxy) is 1. The molecule has 0 bridgehead atoms. The molecule has 22 heavy (non-hydrogen) atoms. The van der Waals surface area contributed by atoms with E-state index >= 15 is 0 Å². The van der Waals surface area contributed by atoms with E-state index in [2.05, 4.69) is 76.5 Å². The van der Waals surface area contributed by atoms with Gasteiger partial charge in [0.05, 0.1) is 13.2 Å². The zero-order valence-corrected chi connectivity index (χ0v) is 14.6. The SMILES string of the molecule is COc1ccccc1[C@H]1Nc2ccc(I)cc2[C@H]2C=CC[C@H]21. The van der Waals surface area contributed by atoms with Crippen molar-refractivity contribution in [3.63, 3.8) is 0 Å². The average molecular weight is 403 g/mol. The van der Waals surface area contributed by atoms with Gasteiger partial charge in [0, 0.05) is 20.7 Å². The Kier molecular flexibility index (Phi) is 3.60. The Morgan fingerprint density at radius 2 is 2.00 bits per heavy atom. The molecule has 0 spiro atoms. The average Bonchev–Trinajstić information content (AvgIpc) is 3.04. The molecule has 3 atom stereocenters. The number of hydrogen-bond acceptors (Lipinski definition) is 2. The maximum absolute atomic E-state index is 5.59. The van der Waals surface area contributed by atoms with Crippen LogP contribution in [0.25, 0.3) is 0 Å². The van der Waals surface area contributed by atoms with Crippen LogP contribution in [0.3, 0.4) is 0 Å². The maximum Gasteiger partial charge on any atom is 0.124 e. The van der Waals surface area contributed by atoms with Crippen molar-refractivity contribution in [3.05, 3.63) is 69.3 Å². The van der Waals surface area contributed by atoms with Gasteiger partial charge in [-0.2, -0.15) is 0 Å². The van der Waals surface area contributed by atoms with Crippen molar-refractivity contribution in [2.24, 2.45) is 5.92 Å². The molecule has 0 aromatic heterocycles. The van der Waals surface area contributed by atoms with Crippen LogP contribution in [0.4, 0.5) is 5.69 Å². The van der Waals surface area contributed by atoms with Crippen molar-refractivity contribution in [3.8, 4) is 5.75 Å². The van der Waals surface area contributed by atoms with Gasteiger partial charge in [-0.05, 0) is 64.8 Å². The van der Waals surface area contributed by atoms with E-state index in [9.17, 15) is 0 Å². The number of methoxy groups -OCH3 is 1. The van der Waals surface area contributed by atoms with Crippen LogP contribution in [0.5, 0.6) is 5.75 Å². The Bertz CT molecular complexity index is 740. The van der Waals surface area contributed by atoms with Crippen molar-refractivity contribution in [2.75, 3.05) is 12.4 Å². The first-order valence-corrected chi connectivity index (χ1v) is 8.71. The summed E-state index contributed by atoms with van der Waals surface area (Å²) in [6.07, 6.45) is 5.82. The van der Waals surface area contributed by atoms with Crippen LogP contribution in [0.1, 0.15) is 29.5 Å². The van der Waals surface area contributed by atoms with E-state index in [1.807, 2.05) is 6.07 Å². The van der Waals surface area contributed by atoms with Crippen LogP contribution in [0.15, 0.2) is 54.6 Å². The summed E-state index contributed by atoms with van der Waals surface area (Å²) in [5.74, 6) is 2.03. The zero-order chi connectivity index (χ0) is 15.1. The number of anilines is 1. The van der Waals surface area contributed by atoms with E-state index in [1.165, 1.54) is 20.4 Å². The number of halogens is 1. The number of para-hydroxylation sites is 1. The number of hydrogen-bond donors (Lipinski definition) is 1. The second-order valence-electron chi connectivity index (χ2n) is 5.95. The van der Waals surface area contributed by atoms with Crippen molar-refractivity contribution >= 4 is 28.3 Å². The summed E-state index contributed by atoms with van der Waals surface area (Å²) < 4.78 is 6.89. The van der Waals surface area contributed by atoms with E-state index in [0.29, 0.717) is 17.9 Å². The summed E-state index contributed by atoms with van der Waals surface area (Å²) in [5.41, 5.74) is 3.94. The Morgan fingerprint density at radius 3 is 2.86 bits per heavy atom. The Hall–Kier alpha value is -1.49. The Labute approximate surface area is 144 Å². The fraction of sp³-hybridized carbons (Fsp3) is 0.263. The van der Waals surface area contributed by atoms with E-state index in [1.54, 1.807) is 7.11 Å². The van der Waals surface area contributed by atoms with Crippen molar-refractivity contribution in [2.45, 2.75) is 18.4 Å². The number of benzene rings is 2. The molecule has 2 nitrogen and oxygen atoms in total. The van der Waals surface area contributed by atoms with E-state index in [-0.39, 0.29) is 0 Å². The molecule has 1 N–H and O–H groups in total. The smallest absolute Gasteiger partial charge is 0.124 e. The van der Waals surface area contributed by atoms with Gasteiger partial charge in [0.2, 0.25) is 0 Å². The lowest BCUT2D eigenvalue weighted by Gasteiger charge is -2.38. The molecular weight excluding hydrogens is 385 g/mol. The largest absolute Gasteiger partial charge is 0.496 e. The minimum atomic E-state index is 0.295. The first kappa shape index (κ1) is 14.1. The number of fused-ring (bicyclic) bond motifs is 3. The molecule has 0 amide bonds. The quantitative estimate of drug-likeness (QED) is 0.555. The van der Waals surface area contributed by atoms with Crippen molar-refractivity contribution < 1.29 is 4.74 Å². The van der Waals surface area contributed by atoms with E-state index in [0.717, 1.165) is 12.2 Å². The molecule has 0 saturated heterocycles. The molecule has 0 radical (unpaired) electrons. The van der Waals surface area contributed by atoms with Gasteiger partial charge in [0.15, 0.2) is 0 Å². The number of allylic oxidation sites excluding steroid dienone is 2. The highest BCUT2D eigenvalue weighted by atomic mass is 127. The summed E-state index contributed by atoms with van der Waals surface area (Å²) in [5, 5.41) is 3.76. The van der Waals surface area contributed by atoms with Gasteiger partial charge in [-0.3, -0.25) is 0 Å². The third-order valence-corrected chi connectivity index (χ3v) is 5.47. The van der Waals surface area contributed by atoms with Crippen LogP contribution in [-0.2, 0) is 0 Å². The lowest BCUT2D eigenvalue weighted by atomic mass is 9.77. The van der Waals surface area contributed by atoms with Gasteiger partial charge in [0.25, 0.3) is 0 Å². The highest BCUT2D eigenvalue weighted by molar-refractivity contribution is 14.1. The van der Waals surface area contributed by atoms with Crippen LogP contribution >= 0.6 is 22.6 Å². The Balaban J connectivity index is 1.81. The molecule has 1 aliphatic heterocycles. The standard InChI is InChI=1S/C19H18INO/c1-22-18-8-3-2-5-15(18)19-14-7-4-6-13(14)16-11-12(20)9-10-17(16)21-19/h2-6,8-11,13-14,19,21H,7H2,1H3/t13-,14+,19-/m0/s1. The predicted molar refractivity (Wildman–Crippen MR) is 98.5 cm³/mol. The van der Waals surface area contributed by atoms with Gasteiger partial charge in [-0.25, -0.2) is 0 Å². The van der Waals surface area contributed by atoms with Gasteiger partial charge < -0.3 is 10.1 Å². The van der Waals surface area contributed by atoms with Crippen molar-refractivity contribution in [1.29, 1.82) is 0 Å². The third-order valence-electron chi connectivity index (χ3n) is 4.80. The number of rotatable bonds is 2. The van der Waals surface area contributed by atoms with E-state index in [4.69, 9.17) is 4.74 Å². The van der Waals surface area contributed by atoms with E-state index < -0.39 is 0 Å². The molecule has 1 aliphatic carbocycles. The lowest BCUT2D eigenvalue weighted by Crippen LogP contribution is -2.29. The first-order chi connectivity index (χ1) is 10.8. The molecule has 3 heteroatoms. The topological polar surface area (TPSA) is 21.3 Å². The van der Waals surface area contributed by atoms with Crippen LogP contribution < -0.4 is 10.1 Å². The molecule has 2 aromatic carbocycles. The first-order valence-electron chi connectivity index (χ1n) is 7.63. The molecule has 1 heterocycles. The highest BCUT2D eigenvalue weighted by Crippen LogP contribution is 2.51. The monoisotopic (exact) mass is 403 g/mol. The summed E-state index contributed by atoms with van der Waals surface area (Å²) >= 11 is 2.40. The molecule has 0 fully saturated rings. The molecule has 112 valence electrons. The highest BCUT2D eigenvalue weighted by Gasteiger charge is 2.38. The second kappa shape index (κ2) is 5.61. The normalized spacial score (nSPS) is 25.3. The minimum Gasteiger partial charge on any atom is -0.496 e. The molecular formula is C19H18INO. The second-order valence-corrected chi connectivity index (χ2v) is 7.19. The zero-order valence-electron chi connectivity index (χ0n) is 12.4. The molecule has 2 aliphatic rings. The maximum atomic E-state index is 5.59. The van der Waals surface area contributed by atoms with Crippen LogP contribution in [0.2, 0.25) is 0 Å². The van der Waals surface area contributed by atoms with Gasteiger partial charge in [0.1, 0.15) is 5.75 Å². The van der Waals surface area contributed by atoms with Gasteiger partial charge in [-0.1, -0.05) is 30.4 Å².